The topological polar surface area (TPSA) is 34.4 Å². The Labute approximate surface area is 136 Å². The Morgan fingerprint density at radius 3 is 2.78 bits per heavy atom. The van der Waals surface area contributed by atoms with Gasteiger partial charge in [-0.2, -0.15) is 4.99 Å². The lowest BCUT2D eigenvalue weighted by atomic mass is 10.1. The number of amides is 1. The zero-order valence-corrected chi connectivity index (χ0v) is 13.0. The molecule has 0 N–H and O–H groups in total. The van der Waals surface area contributed by atoms with Crippen LogP contribution in [-0.2, 0) is 17.8 Å². The van der Waals surface area contributed by atoms with Crippen LogP contribution >= 0.6 is 11.3 Å². The molecule has 0 aliphatic carbocycles. The second-order valence-electron chi connectivity index (χ2n) is 4.95. The minimum absolute atomic E-state index is 0.222. The highest BCUT2D eigenvalue weighted by Crippen LogP contribution is 2.18. The van der Waals surface area contributed by atoms with Gasteiger partial charge >= 0.3 is 0 Å². The normalized spacial score (nSPS) is 11.6. The smallest absolute Gasteiger partial charge is 0.252 e. The van der Waals surface area contributed by atoms with E-state index in [1.165, 1.54) is 23.5 Å². The number of hydrogen-bond acceptors (Lipinski definition) is 2. The summed E-state index contributed by atoms with van der Waals surface area (Å²) in [4.78, 5) is 16.8. The van der Waals surface area contributed by atoms with Crippen LogP contribution < -0.4 is 4.80 Å². The van der Waals surface area contributed by atoms with E-state index in [4.69, 9.17) is 6.42 Å². The molecule has 23 heavy (non-hydrogen) atoms. The fourth-order valence-electron chi connectivity index (χ4n) is 2.29. The standard InChI is InChI=1S/C18H13FN2OS/c1-2-10-21-15-9-8-14(19)12-16(15)23-18(21)20-17(22)11-13-6-4-3-5-7-13/h1,3-9,12H,10-11H2. The number of terminal acetylenes is 1. The first-order chi connectivity index (χ1) is 11.2. The van der Waals surface area contributed by atoms with Gasteiger partial charge in [0.15, 0.2) is 4.80 Å². The quantitative estimate of drug-likeness (QED) is 0.682. The van der Waals surface area contributed by atoms with Crippen molar-refractivity contribution in [1.29, 1.82) is 0 Å². The van der Waals surface area contributed by atoms with Gasteiger partial charge in [-0.1, -0.05) is 47.6 Å². The van der Waals surface area contributed by atoms with Gasteiger partial charge in [0.2, 0.25) is 0 Å². The van der Waals surface area contributed by atoms with Crippen molar-refractivity contribution in [1.82, 2.24) is 4.57 Å². The number of fused-ring (bicyclic) bond motifs is 1. The summed E-state index contributed by atoms with van der Waals surface area (Å²) in [6, 6.07) is 13.9. The van der Waals surface area contributed by atoms with Crippen molar-refractivity contribution in [2.24, 2.45) is 4.99 Å². The monoisotopic (exact) mass is 324 g/mol. The maximum absolute atomic E-state index is 13.4. The number of rotatable bonds is 3. The maximum atomic E-state index is 13.4. The fourth-order valence-corrected chi connectivity index (χ4v) is 3.36. The Morgan fingerprint density at radius 2 is 2.04 bits per heavy atom. The number of carbonyl (C=O) groups excluding carboxylic acids is 1. The van der Waals surface area contributed by atoms with Crippen molar-refractivity contribution in [3.63, 3.8) is 0 Å². The molecule has 3 rings (SSSR count). The molecular formula is C18H13FN2OS. The predicted molar refractivity (Wildman–Crippen MR) is 89.3 cm³/mol. The van der Waals surface area contributed by atoms with Crippen LogP contribution in [-0.4, -0.2) is 10.5 Å². The molecule has 1 amide bonds. The molecule has 2 aromatic carbocycles. The molecule has 5 heteroatoms. The molecule has 3 nitrogen and oxygen atoms in total. The number of halogens is 1. The summed E-state index contributed by atoms with van der Waals surface area (Å²) < 4.78 is 15.8. The van der Waals surface area contributed by atoms with Crippen molar-refractivity contribution in [2.45, 2.75) is 13.0 Å². The van der Waals surface area contributed by atoms with Gasteiger partial charge in [-0.15, -0.1) is 6.42 Å². The lowest BCUT2D eigenvalue weighted by molar-refractivity contribution is -0.117. The zero-order valence-electron chi connectivity index (χ0n) is 12.2. The number of hydrogen-bond donors (Lipinski definition) is 0. The van der Waals surface area contributed by atoms with E-state index in [1.807, 2.05) is 30.3 Å². The molecule has 0 aliphatic rings. The van der Waals surface area contributed by atoms with Crippen LogP contribution in [0.25, 0.3) is 10.2 Å². The number of aromatic nitrogens is 1. The summed E-state index contributed by atoms with van der Waals surface area (Å²) in [6.07, 6.45) is 5.62. The summed E-state index contributed by atoms with van der Waals surface area (Å²) in [7, 11) is 0. The Morgan fingerprint density at radius 1 is 1.26 bits per heavy atom. The van der Waals surface area contributed by atoms with Gasteiger partial charge in [-0.3, -0.25) is 4.79 Å². The largest absolute Gasteiger partial charge is 0.305 e. The number of benzene rings is 2. The second-order valence-corrected chi connectivity index (χ2v) is 5.96. The molecule has 0 saturated carbocycles. The van der Waals surface area contributed by atoms with E-state index in [0.717, 1.165) is 11.1 Å². The van der Waals surface area contributed by atoms with Crippen LogP contribution in [0.1, 0.15) is 5.56 Å². The first-order valence-electron chi connectivity index (χ1n) is 7.01. The third-order valence-electron chi connectivity index (χ3n) is 3.31. The fraction of sp³-hybridized carbons (Fsp3) is 0.111. The van der Waals surface area contributed by atoms with Crippen molar-refractivity contribution >= 4 is 27.5 Å². The van der Waals surface area contributed by atoms with Gasteiger partial charge in [-0.05, 0) is 23.8 Å². The molecule has 1 heterocycles. The van der Waals surface area contributed by atoms with Crippen LogP contribution in [0.4, 0.5) is 4.39 Å². The zero-order chi connectivity index (χ0) is 16.2. The molecule has 0 unspecified atom stereocenters. The van der Waals surface area contributed by atoms with Gasteiger partial charge in [0.1, 0.15) is 5.82 Å². The van der Waals surface area contributed by atoms with Crippen molar-refractivity contribution in [2.75, 3.05) is 0 Å². The molecule has 3 aromatic rings. The third kappa shape index (κ3) is 3.38. The van der Waals surface area contributed by atoms with Crippen molar-refractivity contribution in [3.8, 4) is 12.3 Å². The average Bonchev–Trinajstić information content (AvgIpc) is 2.85. The Balaban J connectivity index is 2.02. The highest BCUT2D eigenvalue weighted by molar-refractivity contribution is 7.16. The Kier molecular flexibility index (Phi) is 4.35. The minimum atomic E-state index is -0.325. The first-order valence-corrected chi connectivity index (χ1v) is 7.83. The molecule has 0 fully saturated rings. The van der Waals surface area contributed by atoms with Gasteiger partial charge in [0, 0.05) is 0 Å². The summed E-state index contributed by atoms with van der Waals surface area (Å²) in [5.74, 6) is 1.96. The van der Waals surface area contributed by atoms with Crippen LogP contribution in [0, 0.1) is 18.2 Å². The van der Waals surface area contributed by atoms with Crippen LogP contribution in [0.15, 0.2) is 53.5 Å². The van der Waals surface area contributed by atoms with E-state index in [2.05, 4.69) is 10.9 Å². The maximum Gasteiger partial charge on any atom is 0.252 e. The van der Waals surface area contributed by atoms with Crippen molar-refractivity contribution in [3.05, 3.63) is 64.7 Å². The summed E-state index contributed by atoms with van der Waals surface area (Å²) in [5, 5.41) is 0. The van der Waals surface area contributed by atoms with E-state index in [-0.39, 0.29) is 24.7 Å². The van der Waals surface area contributed by atoms with Crippen LogP contribution in [0.5, 0.6) is 0 Å². The lowest BCUT2D eigenvalue weighted by Gasteiger charge is -1.99. The number of nitrogens with zero attached hydrogens (tertiary/aromatic N) is 2. The molecule has 114 valence electrons. The highest BCUT2D eigenvalue weighted by Gasteiger charge is 2.08. The highest BCUT2D eigenvalue weighted by atomic mass is 32.1. The molecular weight excluding hydrogens is 311 g/mol. The third-order valence-corrected chi connectivity index (χ3v) is 4.35. The Hall–Kier alpha value is -2.71. The van der Waals surface area contributed by atoms with Gasteiger partial charge in [0.05, 0.1) is 23.2 Å². The van der Waals surface area contributed by atoms with Crippen LogP contribution in [0.2, 0.25) is 0 Å². The summed E-state index contributed by atoms with van der Waals surface area (Å²) >= 11 is 1.26. The molecule has 0 saturated heterocycles. The number of carbonyl (C=O) groups is 1. The van der Waals surface area contributed by atoms with E-state index < -0.39 is 0 Å². The summed E-state index contributed by atoms with van der Waals surface area (Å²) in [5.41, 5.74) is 1.68. The molecule has 0 bridgehead atoms. The van der Waals surface area contributed by atoms with E-state index in [9.17, 15) is 9.18 Å². The predicted octanol–water partition coefficient (Wildman–Crippen LogP) is 3.15. The molecule has 0 aliphatic heterocycles. The van der Waals surface area contributed by atoms with E-state index in [0.29, 0.717) is 9.50 Å². The van der Waals surface area contributed by atoms with E-state index >= 15 is 0 Å². The second kappa shape index (κ2) is 6.59. The molecule has 1 aromatic heterocycles. The SMILES string of the molecule is C#CCn1c(=NC(=O)Cc2ccccc2)sc2cc(F)ccc21. The van der Waals surface area contributed by atoms with Crippen molar-refractivity contribution < 1.29 is 9.18 Å². The Bertz CT molecular complexity index is 964. The average molecular weight is 324 g/mol. The lowest BCUT2D eigenvalue weighted by Crippen LogP contribution is -2.17. The summed E-state index contributed by atoms with van der Waals surface area (Å²) in [6.45, 7) is 0.281. The molecule has 0 spiro atoms. The van der Waals surface area contributed by atoms with Gasteiger partial charge < -0.3 is 4.57 Å². The van der Waals surface area contributed by atoms with Gasteiger partial charge in [-0.25, -0.2) is 4.39 Å². The van der Waals surface area contributed by atoms with Crippen LogP contribution in [0.3, 0.4) is 0 Å². The first kappa shape index (κ1) is 15.2. The minimum Gasteiger partial charge on any atom is -0.305 e. The van der Waals surface area contributed by atoms with Gasteiger partial charge in [0.25, 0.3) is 5.91 Å². The molecule has 0 atom stereocenters. The molecule has 0 radical (unpaired) electrons. The number of thiazole rings is 1. The van der Waals surface area contributed by atoms with E-state index in [1.54, 1.807) is 10.6 Å².